The van der Waals surface area contributed by atoms with Crippen LogP contribution in [0.4, 0.5) is 0 Å². The summed E-state index contributed by atoms with van der Waals surface area (Å²) in [5.74, 6) is 0.792. The first kappa shape index (κ1) is 17.3. The second-order valence-electron chi connectivity index (χ2n) is 5.84. The van der Waals surface area contributed by atoms with Gasteiger partial charge in [0.15, 0.2) is 5.96 Å². The maximum absolute atomic E-state index is 8.97. The van der Waals surface area contributed by atoms with Crippen molar-refractivity contribution in [2.24, 2.45) is 4.99 Å². The van der Waals surface area contributed by atoms with E-state index in [1.54, 1.807) is 0 Å². The monoisotopic (exact) mass is 367 g/mol. The van der Waals surface area contributed by atoms with Crippen LogP contribution in [0.1, 0.15) is 38.2 Å². The lowest BCUT2D eigenvalue weighted by Crippen LogP contribution is -2.40. The molecule has 1 aliphatic rings. The molecule has 122 valence electrons. The molecule has 2 rings (SSSR count). The van der Waals surface area contributed by atoms with Crippen LogP contribution in [0.15, 0.2) is 33.7 Å². The van der Waals surface area contributed by atoms with Gasteiger partial charge in [0.2, 0.25) is 0 Å². The van der Waals surface area contributed by atoms with Gasteiger partial charge in [-0.25, -0.2) is 0 Å². The summed E-state index contributed by atoms with van der Waals surface area (Å²) in [5.41, 5.74) is 1.54. The molecule has 1 aliphatic carbocycles. The Morgan fingerprint density at radius 1 is 1.23 bits per heavy atom. The fourth-order valence-corrected chi connectivity index (χ4v) is 3.40. The molecule has 0 unspecified atom stereocenters. The van der Waals surface area contributed by atoms with Gasteiger partial charge in [0.05, 0.1) is 13.2 Å². The molecule has 0 saturated heterocycles. The Bertz CT molecular complexity index is 481. The Morgan fingerprint density at radius 3 is 2.50 bits per heavy atom. The quantitative estimate of drug-likeness (QED) is 0.535. The van der Waals surface area contributed by atoms with E-state index < -0.39 is 0 Å². The van der Waals surface area contributed by atoms with Crippen LogP contribution < -0.4 is 10.6 Å². The molecule has 1 saturated carbocycles. The van der Waals surface area contributed by atoms with E-state index in [0.29, 0.717) is 6.54 Å². The van der Waals surface area contributed by atoms with Crippen molar-refractivity contribution in [2.75, 3.05) is 26.2 Å². The summed E-state index contributed by atoms with van der Waals surface area (Å²) < 4.78 is 1.12. The van der Waals surface area contributed by atoms with Gasteiger partial charge in [-0.2, -0.15) is 0 Å². The van der Waals surface area contributed by atoms with Crippen LogP contribution in [0.5, 0.6) is 0 Å². The molecule has 0 aromatic heterocycles. The van der Waals surface area contributed by atoms with E-state index in [0.717, 1.165) is 23.5 Å². The van der Waals surface area contributed by atoms with Crippen molar-refractivity contribution < 1.29 is 5.11 Å². The van der Waals surface area contributed by atoms with Crippen LogP contribution in [-0.4, -0.2) is 37.3 Å². The van der Waals surface area contributed by atoms with Gasteiger partial charge < -0.3 is 15.7 Å². The molecular formula is C17H26BrN3O. The molecule has 0 bridgehead atoms. The van der Waals surface area contributed by atoms with Crippen molar-refractivity contribution in [2.45, 2.75) is 38.0 Å². The Balaban J connectivity index is 2.15. The lowest BCUT2D eigenvalue weighted by Gasteiger charge is -2.28. The Hall–Kier alpha value is -1.07. The number of guanidine groups is 1. The number of aliphatic imine (C=N–C) groups is 1. The number of rotatable bonds is 6. The maximum Gasteiger partial charge on any atom is 0.191 e. The molecule has 5 heteroatoms. The normalized spacial score (nSPS) is 17.5. The largest absolute Gasteiger partial charge is 0.395 e. The minimum atomic E-state index is 0.113. The summed E-state index contributed by atoms with van der Waals surface area (Å²) >= 11 is 3.51. The molecule has 0 aliphatic heterocycles. The van der Waals surface area contributed by atoms with Gasteiger partial charge in [0.1, 0.15) is 0 Å². The van der Waals surface area contributed by atoms with Crippen LogP contribution >= 0.6 is 15.9 Å². The highest BCUT2D eigenvalue weighted by Gasteiger charge is 2.35. The van der Waals surface area contributed by atoms with Gasteiger partial charge >= 0.3 is 0 Å². The topological polar surface area (TPSA) is 56.7 Å². The number of nitrogens with one attached hydrogen (secondary N) is 2. The highest BCUT2D eigenvalue weighted by Crippen LogP contribution is 2.41. The molecular weight excluding hydrogens is 342 g/mol. The standard InChI is InChI=1S/C17H26BrN3O/c1-2-19-16(20-11-12-22)21-13-17(9-3-4-10-17)14-5-7-15(18)8-6-14/h5-8,22H,2-4,9-13H2,1H3,(H2,19,20,21). The Kier molecular flexibility index (Phi) is 6.70. The van der Waals surface area contributed by atoms with E-state index in [9.17, 15) is 0 Å². The first-order valence-corrected chi connectivity index (χ1v) is 8.88. The number of aliphatic hydroxyl groups is 1. The summed E-state index contributed by atoms with van der Waals surface area (Å²) in [5, 5.41) is 15.4. The lowest BCUT2D eigenvalue weighted by atomic mass is 9.79. The maximum atomic E-state index is 8.97. The van der Waals surface area contributed by atoms with E-state index in [1.807, 2.05) is 0 Å². The second-order valence-corrected chi connectivity index (χ2v) is 6.76. The number of hydrogen-bond acceptors (Lipinski definition) is 2. The first-order valence-electron chi connectivity index (χ1n) is 8.09. The third-order valence-electron chi connectivity index (χ3n) is 4.31. The number of halogens is 1. The third kappa shape index (κ3) is 4.46. The average Bonchev–Trinajstić information content (AvgIpc) is 3.01. The summed E-state index contributed by atoms with van der Waals surface area (Å²) in [4.78, 5) is 4.78. The zero-order valence-corrected chi connectivity index (χ0v) is 14.8. The van der Waals surface area contributed by atoms with Gasteiger partial charge in [-0.05, 0) is 37.5 Å². The number of nitrogens with zero attached hydrogens (tertiary/aromatic N) is 1. The molecule has 1 aromatic carbocycles. The van der Waals surface area contributed by atoms with Gasteiger partial charge in [0.25, 0.3) is 0 Å². The minimum Gasteiger partial charge on any atom is -0.395 e. The van der Waals surface area contributed by atoms with Crippen LogP contribution in [0.3, 0.4) is 0 Å². The zero-order chi connectivity index (χ0) is 15.8. The Morgan fingerprint density at radius 2 is 1.91 bits per heavy atom. The zero-order valence-electron chi connectivity index (χ0n) is 13.2. The molecule has 4 nitrogen and oxygen atoms in total. The van der Waals surface area contributed by atoms with E-state index in [-0.39, 0.29) is 12.0 Å². The van der Waals surface area contributed by atoms with Gasteiger partial charge in [-0.1, -0.05) is 40.9 Å². The van der Waals surface area contributed by atoms with E-state index >= 15 is 0 Å². The number of benzene rings is 1. The SMILES string of the molecule is CCNC(=NCC1(c2ccc(Br)cc2)CCCC1)NCCO. The van der Waals surface area contributed by atoms with Crippen molar-refractivity contribution in [1.29, 1.82) is 0 Å². The molecule has 22 heavy (non-hydrogen) atoms. The van der Waals surface area contributed by atoms with Gasteiger partial charge in [-0.15, -0.1) is 0 Å². The Labute approximate surface area is 141 Å². The fraction of sp³-hybridized carbons (Fsp3) is 0.588. The summed E-state index contributed by atoms with van der Waals surface area (Å²) in [6, 6.07) is 8.68. The summed E-state index contributed by atoms with van der Waals surface area (Å²) in [6.07, 6.45) is 4.92. The summed E-state index contributed by atoms with van der Waals surface area (Å²) in [6.45, 7) is 4.30. The van der Waals surface area contributed by atoms with Crippen molar-refractivity contribution >= 4 is 21.9 Å². The smallest absolute Gasteiger partial charge is 0.191 e. The van der Waals surface area contributed by atoms with Crippen molar-refractivity contribution in [3.63, 3.8) is 0 Å². The van der Waals surface area contributed by atoms with Gasteiger partial charge in [0, 0.05) is 23.0 Å². The predicted molar refractivity (Wildman–Crippen MR) is 95.4 cm³/mol. The molecule has 0 radical (unpaired) electrons. The molecule has 0 spiro atoms. The van der Waals surface area contributed by atoms with Crippen molar-refractivity contribution in [3.8, 4) is 0 Å². The molecule has 1 fully saturated rings. The highest BCUT2D eigenvalue weighted by molar-refractivity contribution is 9.10. The third-order valence-corrected chi connectivity index (χ3v) is 4.83. The second kappa shape index (κ2) is 8.53. The van der Waals surface area contributed by atoms with E-state index in [4.69, 9.17) is 10.1 Å². The number of hydrogen-bond donors (Lipinski definition) is 3. The predicted octanol–water partition coefficient (Wildman–Crippen LogP) is 2.81. The molecule has 1 aromatic rings. The van der Waals surface area contributed by atoms with E-state index in [2.05, 4.69) is 57.8 Å². The molecule has 0 atom stereocenters. The molecule has 0 heterocycles. The van der Waals surface area contributed by atoms with Crippen LogP contribution in [0.2, 0.25) is 0 Å². The van der Waals surface area contributed by atoms with Crippen LogP contribution in [-0.2, 0) is 5.41 Å². The van der Waals surface area contributed by atoms with Crippen LogP contribution in [0.25, 0.3) is 0 Å². The summed E-state index contributed by atoms with van der Waals surface area (Å²) in [7, 11) is 0. The van der Waals surface area contributed by atoms with Crippen LogP contribution in [0, 0.1) is 0 Å². The number of aliphatic hydroxyl groups excluding tert-OH is 1. The highest BCUT2D eigenvalue weighted by atomic mass is 79.9. The molecule has 0 amide bonds. The molecule has 3 N–H and O–H groups in total. The fourth-order valence-electron chi connectivity index (χ4n) is 3.14. The lowest BCUT2D eigenvalue weighted by molar-refractivity contribution is 0.300. The minimum absolute atomic E-state index is 0.113. The first-order chi connectivity index (χ1) is 10.7. The van der Waals surface area contributed by atoms with E-state index in [1.165, 1.54) is 31.2 Å². The average molecular weight is 368 g/mol. The van der Waals surface area contributed by atoms with Crippen molar-refractivity contribution in [1.82, 2.24) is 10.6 Å². The van der Waals surface area contributed by atoms with Gasteiger partial charge in [-0.3, -0.25) is 4.99 Å². The van der Waals surface area contributed by atoms with Crippen molar-refractivity contribution in [3.05, 3.63) is 34.3 Å².